The lowest BCUT2D eigenvalue weighted by molar-refractivity contribution is 0.0232. The minimum Gasteiger partial charge on any atom is -0.269 e. The molecule has 0 unspecified atom stereocenters. The Labute approximate surface area is 162 Å². The Bertz CT molecular complexity index is 853. The standard InChI is InChI=1S/C18H21BrN2O4S/c1-3-21(4-2)26(23,24)15-10-11-17(19)16(12-15)18(22)20-25-13-14-8-6-5-7-9-14/h5-12H,3-4,13H2,1-2H3,(H,20,22). The Kier molecular flexibility index (Phi) is 7.33. The third kappa shape index (κ3) is 4.91. The number of amides is 1. The summed E-state index contributed by atoms with van der Waals surface area (Å²) in [4.78, 5) is 17.7. The molecule has 0 radical (unpaired) electrons. The quantitative estimate of drug-likeness (QED) is 0.638. The highest BCUT2D eigenvalue weighted by Crippen LogP contribution is 2.23. The molecule has 0 atom stereocenters. The van der Waals surface area contributed by atoms with Gasteiger partial charge in [-0.15, -0.1) is 0 Å². The highest BCUT2D eigenvalue weighted by molar-refractivity contribution is 9.10. The molecule has 2 aromatic carbocycles. The van der Waals surface area contributed by atoms with E-state index in [-0.39, 0.29) is 17.1 Å². The summed E-state index contributed by atoms with van der Waals surface area (Å²) in [5, 5.41) is 0. The van der Waals surface area contributed by atoms with E-state index in [9.17, 15) is 13.2 Å². The van der Waals surface area contributed by atoms with Crippen molar-refractivity contribution in [2.24, 2.45) is 0 Å². The zero-order chi connectivity index (χ0) is 19.2. The fraction of sp³-hybridized carbons (Fsp3) is 0.278. The van der Waals surface area contributed by atoms with E-state index in [4.69, 9.17) is 4.84 Å². The van der Waals surface area contributed by atoms with E-state index in [1.165, 1.54) is 16.4 Å². The molecular weight excluding hydrogens is 420 g/mol. The Balaban J connectivity index is 2.14. The van der Waals surface area contributed by atoms with Gasteiger partial charge in [0.15, 0.2) is 0 Å². The van der Waals surface area contributed by atoms with Crippen LogP contribution in [0.15, 0.2) is 57.9 Å². The van der Waals surface area contributed by atoms with E-state index in [0.29, 0.717) is 17.6 Å². The van der Waals surface area contributed by atoms with E-state index in [1.54, 1.807) is 19.9 Å². The zero-order valence-corrected chi connectivity index (χ0v) is 17.0. The summed E-state index contributed by atoms with van der Waals surface area (Å²) in [5.74, 6) is -0.524. The third-order valence-electron chi connectivity index (χ3n) is 3.77. The third-order valence-corrected chi connectivity index (χ3v) is 6.51. The molecule has 0 fully saturated rings. The fourth-order valence-corrected chi connectivity index (χ4v) is 4.28. The molecule has 0 aliphatic carbocycles. The highest BCUT2D eigenvalue weighted by atomic mass is 79.9. The van der Waals surface area contributed by atoms with Gasteiger partial charge in [0.1, 0.15) is 0 Å². The van der Waals surface area contributed by atoms with Crippen LogP contribution in [0.1, 0.15) is 29.8 Å². The zero-order valence-electron chi connectivity index (χ0n) is 14.6. The van der Waals surface area contributed by atoms with Crippen LogP contribution in [0.25, 0.3) is 0 Å². The Morgan fingerprint density at radius 2 is 1.77 bits per heavy atom. The maximum Gasteiger partial charge on any atom is 0.276 e. The molecule has 0 heterocycles. The first-order chi connectivity index (χ1) is 12.4. The Morgan fingerprint density at radius 1 is 1.12 bits per heavy atom. The van der Waals surface area contributed by atoms with Crippen LogP contribution in [0.5, 0.6) is 0 Å². The first-order valence-corrected chi connectivity index (χ1v) is 10.4. The molecule has 1 N–H and O–H groups in total. The van der Waals surface area contributed by atoms with Crippen LogP contribution >= 0.6 is 15.9 Å². The summed E-state index contributed by atoms with van der Waals surface area (Å²) in [5.41, 5.74) is 3.44. The van der Waals surface area contributed by atoms with Crippen LogP contribution in [0.4, 0.5) is 0 Å². The van der Waals surface area contributed by atoms with Gasteiger partial charge in [0.05, 0.1) is 17.1 Å². The van der Waals surface area contributed by atoms with Crippen molar-refractivity contribution >= 4 is 31.9 Å². The summed E-state index contributed by atoms with van der Waals surface area (Å²) >= 11 is 3.28. The van der Waals surface area contributed by atoms with Gasteiger partial charge in [-0.05, 0) is 39.7 Å². The van der Waals surface area contributed by atoms with E-state index in [2.05, 4.69) is 21.4 Å². The van der Waals surface area contributed by atoms with Crippen LogP contribution in [-0.4, -0.2) is 31.7 Å². The first kappa shape index (κ1) is 20.6. The average molecular weight is 441 g/mol. The van der Waals surface area contributed by atoms with Gasteiger partial charge in [-0.25, -0.2) is 13.9 Å². The summed E-state index contributed by atoms with van der Waals surface area (Å²) in [7, 11) is -3.65. The lowest BCUT2D eigenvalue weighted by atomic mass is 10.2. The number of halogens is 1. The van der Waals surface area contributed by atoms with Crippen molar-refractivity contribution in [1.29, 1.82) is 0 Å². The lowest BCUT2D eigenvalue weighted by Crippen LogP contribution is -2.31. The molecule has 140 valence electrons. The van der Waals surface area contributed by atoms with Crippen molar-refractivity contribution in [3.8, 4) is 0 Å². The molecule has 8 heteroatoms. The number of benzene rings is 2. The lowest BCUT2D eigenvalue weighted by Gasteiger charge is -2.19. The smallest absolute Gasteiger partial charge is 0.269 e. The van der Waals surface area contributed by atoms with Crippen molar-refractivity contribution in [1.82, 2.24) is 9.79 Å². The van der Waals surface area contributed by atoms with Gasteiger partial charge in [0.25, 0.3) is 5.91 Å². The Morgan fingerprint density at radius 3 is 2.38 bits per heavy atom. The summed E-state index contributed by atoms with van der Waals surface area (Å²) < 4.78 is 27.1. The molecule has 26 heavy (non-hydrogen) atoms. The molecule has 0 aliphatic rings. The molecular formula is C18H21BrN2O4S. The molecule has 1 amide bonds. The monoisotopic (exact) mass is 440 g/mol. The number of hydrogen-bond acceptors (Lipinski definition) is 4. The minimum atomic E-state index is -3.65. The Hall–Kier alpha value is -1.74. The van der Waals surface area contributed by atoms with Gasteiger partial charge >= 0.3 is 0 Å². The van der Waals surface area contributed by atoms with Crippen molar-refractivity contribution in [3.63, 3.8) is 0 Å². The van der Waals surface area contributed by atoms with Crippen molar-refractivity contribution < 1.29 is 18.0 Å². The second kappa shape index (κ2) is 9.27. The van der Waals surface area contributed by atoms with Crippen molar-refractivity contribution in [2.75, 3.05) is 13.1 Å². The van der Waals surface area contributed by atoms with Gasteiger partial charge in [0.2, 0.25) is 10.0 Å². The topological polar surface area (TPSA) is 75.7 Å². The molecule has 0 saturated carbocycles. The molecule has 0 aliphatic heterocycles. The predicted octanol–water partition coefficient (Wildman–Crippen LogP) is 3.34. The second-order valence-electron chi connectivity index (χ2n) is 5.44. The van der Waals surface area contributed by atoms with Crippen LogP contribution in [0, 0.1) is 0 Å². The second-order valence-corrected chi connectivity index (χ2v) is 8.23. The summed E-state index contributed by atoms with van der Waals surface area (Å²) in [6.45, 7) is 4.46. The van der Waals surface area contributed by atoms with E-state index in [1.807, 2.05) is 30.3 Å². The fourth-order valence-electron chi connectivity index (χ4n) is 2.37. The van der Waals surface area contributed by atoms with Gasteiger partial charge in [-0.1, -0.05) is 44.2 Å². The molecule has 2 aromatic rings. The summed E-state index contributed by atoms with van der Waals surface area (Å²) in [6.07, 6.45) is 0. The highest BCUT2D eigenvalue weighted by Gasteiger charge is 2.23. The number of sulfonamides is 1. The molecule has 6 nitrogen and oxygen atoms in total. The number of carbonyl (C=O) groups excluding carboxylic acids is 1. The van der Waals surface area contributed by atoms with Gasteiger partial charge < -0.3 is 0 Å². The number of nitrogens with one attached hydrogen (secondary N) is 1. The van der Waals surface area contributed by atoms with Crippen LogP contribution in [-0.2, 0) is 21.5 Å². The van der Waals surface area contributed by atoms with E-state index in [0.717, 1.165) is 5.56 Å². The van der Waals surface area contributed by atoms with Crippen LogP contribution < -0.4 is 5.48 Å². The first-order valence-electron chi connectivity index (χ1n) is 8.15. The van der Waals surface area contributed by atoms with Gasteiger partial charge in [-0.2, -0.15) is 4.31 Å². The largest absolute Gasteiger partial charge is 0.276 e. The van der Waals surface area contributed by atoms with E-state index >= 15 is 0 Å². The van der Waals surface area contributed by atoms with Crippen molar-refractivity contribution in [2.45, 2.75) is 25.3 Å². The molecule has 0 bridgehead atoms. The average Bonchev–Trinajstić information content (AvgIpc) is 2.63. The van der Waals surface area contributed by atoms with E-state index < -0.39 is 15.9 Å². The van der Waals surface area contributed by atoms with Gasteiger partial charge in [-0.3, -0.25) is 9.63 Å². The molecule has 2 rings (SSSR count). The number of hydroxylamine groups is 1. The number of carbonyl (C=O) groups is 1. The maximum atomic E-state index is 12.6. The normalized spacial score (nSPS) is 11.5. The number of hydrogen-bond donors (Lipinski definition) is 1. The maximum absolute atomic E-state index is 12.6. The van der Waals surface area contributed by atoms with Crippen molar-refractivity contribution in [3.05, 3.63) is 64.1 Å². The summed E-state index contributed by atoms with van der Waals surface area (Å²) in [6, 6.07) is 13.7. The van der Waals surface area contributed by atoms with Gasteiger partial charge in [0, 0.05) is 17.6 Å². The predicted molar refractivity (Wildman–Crippen MR) is 103 cm³/mol. The van der Waals surface area contributed by atoms with Crippen LogP contribution in [0.3, 0.4) is 0 Å². The molecule has 0 saturated heterocycles. The molecule has 0 spiro atoms. The number of rotatable bonds is 8. The SMILES string of the molecule is CCN(CC)S(=O)(=O)c1ccc(Br)c(C(=O)NOCc2ccccc2)c1. The van der Waals surface area contributed by atoms with Crippen LogP contribution in [0.2, 0.25) is 0 Å². The minimum absolute atomic E-state index is 0.0672. The number of nitrogens with zero attached hydrogens (tertiary/aromatic N) is 1. The molecule has 0 aromatic heterocycles.